The van der Waals surface area contributed by atoms with E-state index in [0.717, 1.165) is 0 Å². The van der Waals surface area contributed by atoms with E-state index in [2.05, 4.69) is 20.7 Å². The highest BCUT2D eigenvalue weighted by atomic mass is 19.3. The molecule has 30 heavy (non-hydrogen) atoms. The van der Waals surface area contributed by atoms with Gasteiger partial charge in [-0.25, -0.2) is 9.50 Å². The Morgan fingerprint density at radius 1 is 1.27 bits per heavy atom. The number of alkyl halides is 2. The quantitative estimate of drug-likeness (QED) is 0.518. The predicted octanol–water partition coefficient (Wildman–Crippen LogP) is 3.35. The zero-order chi connectivity index (χ0) is 21.8. The van der Waals surface area contributed by atoms with Crippen LogP contribution in [0, 0.1) is 5.92 Å². The smallest absolute Gasteiger partial charge is 0.387 e. The molecule has 1 atom stereocenters. The topological polar surface area (TPSA) is 107 Å². The van der Waals surface area contributed by atoms with Gasteiger partial charge in [0.15, 0.2) is 5.65 Å². The van der Waals surface area contributed by atoms with Gasteiger partial charge in [-0.15, -0.1) is 5.10 Å². The molecule has 0 bridgehead atoms. The van der Waals surface area contributed by atoms with Gasteiger partial charge in [0.05, 0.1) is 17.9 Å². The van der Waals surface area contributed by atoms with Crippen LogP contribution < -0.4 is 21.1 Å². The number of nitrogens with zero attached hydrogens (tertiary/aromatic N) is 3. The van der Waals surface area contributed by atoms with Gasteiger partial charge in [-0.2, -0.15) is 8.78 Å². The van der Waals surface area contributed by atoms with Gasteiger partial charge in [0.1, 0.15) is 11.6 Å². The minimum Gasteiger partial charge on any atom is -0.434 e. The zero-order valence-electron chi connectivity index (χ0n) is 16.9. The number of ether oxygens (including phenoxy) is 1. The van der Waals surface area contributed by atoms with E-state index < -0.39 is 18.6 Å². The highest BCUT2D eigenvalue weighted by Gasteiger charge is 2.19. The standard InChI is InChI=1S/C20H24F2N6O2/c1-11(2)8-14(23)19(29)26-12-4-5-13(16(9-12)30-20(21)22)15-10-25-18-7-6-17(24-3)27-28(15)18/h4-7,9-11,14,20H,8,23H2,1-3H3,(H,24,27)(H,26,29). The lowest BCUT2D eigenvalue weighted by atomic mass is 10.0. The molecule has 8 nitrogen and oxygen atoms in total. The normalized spacial score (nSPS) is 12.4. The Balaban J connectivity index is 1.97. The van der Waals surface area contributed by atoms with Crippen molar-refractivity contribution in [3.05, 3.63) is 36.5 Å². The summed E-state index contributed by atoms with van der Waals surface area (Å²) >= 11 is 0. The van der Waals surface area contributed by atoms with Crippen LogP contribution >= 0.6 is 0 Å². The third kappa shape index (κ3) is 4.82. The number of hydrogen-bond acceptors (Lipinski definition) is 6. The molecule has 1 unspecified atom stereocenters. The summed E-state index contributed by atoms with van der Waals surface area (Å²) in [5.74, 6) is 0.324. The lowest BCUT2D eigenvalue weighted by Gasteiger charge is -2.16. The molecule has 3 aromatic rings. The van der Waals surface area contributed by atoms with E-state index in [0.29, 0.717) is 34.8 Å². The molecule has 0 saturated carbocycles. The molecule has 0 fully saturated rings. The van der Waals surface area contributed by atoms with Crippen molar-refractivity contribution in [2.45, 2.75) is 32.9 Å². The SMILES string of the molecule is CNc1ccc2ncc(-c3ccc(NC(=O)C(N)CC(C)C)cc3OC(F)F)n2n1. The molecule has 1 aromatic carbocycles. The highest BCUT2D eigenvalue weighted by molar-refractivity contribution is 5.95. The average molecular weight is 418 g/mol. The molecule has 3 rings (SSSR count). The van der Waals surface area contributed by atoms with E-state index in [1.54, 1.807) is 31.3 Å². The molecule has 0 saturated heterocycles. The van der Waals surface area contributed by atoms with E-state index in [-0.39, 0.29) is 11.7 Å². The number of carbonyl (C=O) groups is 1. The van der Waals surface area contributed by atoms with Crippen molar-refractivity contribution in [1.82, 2.24) is 14.6 Å². The van der Waals surface area contributed by atoms with Crippen molar-refractivity contribution in [1.29, 1.82) is 0 Å². The molecule has 0 aliphatic heterocycles. The fourth-order valence-corrected chi connectivity index (χ4v) is 3.05. The summed E-state index contributed by atoms with van der Waals surface area (Å²) in [5, 5.41) is 9.96. The Hall–Kier alpha value is -3.27. The summed E-state index contributed by atoms with van der Waals surface area (Å²) in [6.07, 6.45) is 2.03. The molecule has 0 spiro atoms. The number of rotatable bonds is 8. The summed E-state index contributed by atoms with van der Waals surface area (Å²) < 4.78 is 32.4. The lowest BCUT2D eigenvalue weighted by molar-refractivity contribution is -0.117. The maximum Gasteiger partial charge on any atom is 0.387 e. The molecule has 10 heteroatoms. The van der Waals surface area contributed by atoms with Gasteiger partial charge >= 0.3 is 6.61 Å². The Bertz CT molecular complexity index is 1040. The fourth-order valence-electron chi connectivity index (χ4n) is 3.05. The van der Waals surface area contributed by atoms with Gasteiger partial charge in [0.25, 0.3) is 0 Å². The van der Waals surface area contributed by atoms with Crippen molar-refractivity contribution in [3.63, 3.8) is 0 Å². The van der Waals surface area contributed by atoms with Crippen LogP contribution in [0.2, 0.25) is 0 Å². The first-order chi connectivity index (χ1) is 14.3. The van der Waals surface area contributed by atoms with E-state index in [4.69, 9.17) is 10.5 Å². The van der Waals surface area contributed by atoms with Crippen molar-refractivity contribution in [2.75, 3.05) is 17.7 Å². The van der Waals surface area contributed by atoms with Gasteiger partial charge in [0, 0.05) is 24.4 Å². The largest absolute Gasteiger partial charge is 0.434 e. The number of fused-ring (bicyclic) bond motifs is 1. The third-order valence-electron chi connectivity index (χ3n) is 4.42. The fraction of sp³-hybridized carbons (Fsp3) is 0.350. The number of aromatic nitrogens is 3. The second-order valence-corrected chi connectivity index (χ2v) is 7.20. The van der Waals surface area contributed by atoms with Gasteiger partial charge < -0.3 is 21.1 Å². The number of imidazole rings is 1. The maximum atomic E-state index is 13.1. The Labute approximate surface area is 172 Å². The number of amides is 1. The Morgan fingerprint density at radius 2 is 2.03 bits per heavy atom. The van der Waals surface area contributed by atoms with Crippen molar-refractivity contribution in [2.24, 2.45) is 11.7 Å². The predicted molar refractivity (Wildman–Crippen MR) is 111 cm³/mol. The van der Waals surface area contributed by atoms with Crippen LogP contribution in [-0.2, 0) is 4.79 Å². The molecule has 0 aliphatic rings. The Morgan fingerprint density at radius 3 is 2.70 bits per heavy atom. The van der Waals surface area contributed by atoms with Crippen molar-refractivity contribution < 1.29 is 18.3 Å². The van der Waals surface area contributed by atoms with Gasteiger partial charge in [-0.3, -0.25) is 4.79 Å². The molecule has 4 N–H and O–H groups in total. The number of hydrogen-bond donors (Lipinski definition) is 3. The van der Waals surface area contributed by atoms with Crippen LogP contribution in [0.5, 0.6) is 5.75 Å². The van der Waals surface area contributed by atoms with Gasteiger partial charge in [0.2, 0.25) is 5.91 Å². The number of benzene rings is 1. The summed E-state index contributed by atoms with van der Waals surface area (Å²) in [7, 11) is 1.72. The molecule has 2 heterocycles. The summed E-state index contributed by atoms with van der Waals surface area (Å²) in [5.41, 5.74) is 7.56. The summed E-state index contributed by atoms with van der Waals surface area (Å²) in [6.45, 7) is 0.873. The first-order valence-corrected chi connectivity index (χ1v) is 9.46. The number of carbonyl (C=O) groups excluding carboxylic acids is 1. The van der Waals surface area contributed by atoms with Gasteiger partial charge in [-0.1, -0.05) is 13.8 Å². The maximum absolute atomic E-state index is 13.1. The Kier molecular flexibility index (Phi) is 6.46. The minimum atomic E-state index is -3.04. The first-order valence-electron chi connectivity index (χ1n) is 9.46. The lowest BCUT2D eigenvalue weighted by Crippen LogP contribution is -2.36. The van der Waals surface area contributed by atoms with E-state index in [9.17, 15) is 13.6 Å². The van der Waals surface area contributed by atoms with Crippen LogP contribution in [-0.4, -0.2) is 40.2 Å². The molecule has 2 aromatic heterocycles. The number of nitrogens with one attached hydrogen (secondary N) is 2. The van der Waals surface area contributed by atoms with E-state index in [1.165, 1.54) is 16.8 Å². The summed E-state index contributed by atoms with van der Waals surface area (Å²) in [4.78, 5) is 16.5. The van der Waals surface area contributed by atoms with Crippen molar-refractivity contribution >= 4 is 23.1 Å². The second kappa shape index (κ2) is 9.04. The first kappa shape index (κ1) is 21.4. The molecule has 1 amide bonds. The molecule has 160 valence electrons. The minimum absolute atomic E-state index is 0.112. The highest BCUT2D eigenvalue weighted by Crippen LogP contribution is 2.34. The molecule has 0 aliphatic carbocycles. The molecular weight excluding hydrogens is 394 g/mol. The van der Waals surface area contributed by atoms with E-state index in [1.807, 2.05) is 13.8 Å². The zero-order valence-corrected chi connectivity index (χ0v) is 16.9. The number of halogens is 2. The van der Waals surface area contributed by atoms with Crippen LogP contribution in [0.25, 0.3) is 16.9 Å². The average Bonchev–Trinajstić information content (AvgIpc) is 3.10. The molecule has 0 radical (unpaired) electrons. The van der Waals surface area contributed by atoms with Crippen LogP contribution in [0.15, 0.2) is 36.5 Å². The summed E-state index contributed by atoms with van der Waals surface area (Å²) in [6, 6.07) is 7.30. The van der Waals surface area contributed by atoms with Crippen LogP contribution in [0.4, 0.5) is 20.3 Å². The van der Waals surface area contributed by atoms with Gasteiger partial charge in [-0.05, 0) is 36.6 Å². The van der Waals surface area contributed by atoms with Crippen LogP contribution in [0.3, 0.4) is 0 Å². The van der Waals surface area contributed by atoms with Crippen LogP contribution in [0.1, 0.15) is 20.3 Å². The van der Waals surface area contributed by atoms with E-state index >= 15 is 0 Å². The monoisotopic (exact) mass is 418 g/mol. The second-order valence-electron chi connectivity index (χ2n) is 7.20. The van der Waals surface area contributed by atoms with Crippen molar-refractivity contribution in [3.8, 4) is 17.0 Å². The number of anilines is 2. The molecular formula is C20H24F2N6O2. The number of nitrogens with two attached hydrogens (primary N) is 1. The third-order valence-corrected chi connectivity index (χ3v) is 4.42.